The van der Waals surface area contributed by atoms with E-state index < -0.39 is 0 Å². The summed E-state index contributed by atoms with van der Waals surface area (Å²) in [5, 5.41) is 0. The number of carbonyl (C=O) groups excluding carboxylic acids is 1. The van der Waals surface area contributed by atoms with Gasteiger partial charge in [0.15, 0.2) is 11.5 Å². The number of ether oxygens (including phenoxy) is 3. The van der Waals surface area contributed by atoms with E-state index >= 15 is 0 Å². The summed E-state index contributed by atoms with van der Waals surface area (Å²) in [4.78, 5) is 14.6. The molecule has 1 amide bonds. The summed E-state index contributed by atoms with van der Waals surface area (Å²) in [6.07, 6.45) is 0. The maximum absolute atomic E-state index is 13.0. The summed E-state index contributed by atoms with van der Waals surface area (Å²) in [7, 11) is 1.77. The second-order valence-electron chi connectivity index (χ2n) is 6.26. The molecule has 3 aromatic carbocycles. The number of hydrogen-bond donors (Lipinski definition) is 0. The molecule has 27 heavy (non-hydrogen) atoms. The van der Waals surface area contributed by atoms with Crippen molar-refractivity contribution >= 4 is 5.91 Å². The van der Waals surface area contributed by atoms with Gasteiger partial charge in [-0.05, 0) is 42.0 Å². The molecule has 0 N–H and O–H groups in total. The largest absolute Gasteiger partial charge is 0.457 e. The quantitative estimate of drug-likeness (QED) is 0.672. The lowest BCUT2D eigenvalue weighted by Gasteiger charge is -2.19. The van der Waals surface area contributed by atoms with E-state index in [2.05, 4.69) is 0 Å². The topological polar surface area (TPSA) is 48.0 Å². The van der Waals surface area contributed by atoms with Gasteiger partial charge in [0, 0.05) is 13.6 Å². The van der Waals surface area contributed by atoms with Crippen molar-refractivity contribution < 1.29 is 19.0 Å². The van der Waals surface area contributed by atoms with E-state index in [9.17, 15) is 4.79 Å². The van der Waals surface area contributed by atoms with Gasteiger partial charge >= 0.3 is 0 Å². The minimum Gasteiger partial charge on any atom is -0.457 e. The molecular formula is C22H19NO4. The average Bonchev–Trinajstić information content (AvgIpc) is 3.16. The van der Waals surface area contributed by atoms with Crippen LogP contribution in [0.1, 0.15) is 15.9 Å². The molecule has 0 aliphatic carbocycles. The molecule has 0 saturated carbocycles. The van der Waals surface area contributed by atoms with Gasteiger partial charge in [0.05, 0.1) is 5.56 Å². The first-order valence-corrected chi connectivity index (χ1v) is 8.66. The van der Waals surface area contributed by atoms with Gasteiger partial charge in [0.25, 0.3) is 5.91 Å². The molecule has 0 unspecified atom stereocenters. The zero-order valence-electron chi connectivity index (χ0n) is 14.9. The van der Waals surface area contributed by atoms with Gasteiger partial charge in [-0.2, -0.15) is 0 Å². The molecule has 0 radical (unpaired) electrons. The second-order valence-corrected chi connectivity index (χ2v) is 6.26. The Morgan fingerprint density at radius 1 is 0.963 bits per heavy atom. The van der Waals surface area contributed by atoms with Crippen LogP contribution in [0.15, 0.2) is 72.8 Å². The van der Waals surface area contributed by atoms with Crippen LogP contribution in [-0.2, 0) is 6.54 Å². The fraction of sp³-hybridized carbons (Fsp3) is 0.136. The van der Waals surface area contributed by atoms with Crippen LogP contribution in [0.3, 0.4) is 0 Å². The third-order valence-electron chi connectivity index (χ3n) is 4.29. The van der Waals surface area contributed by atoms with Gasteiger partial charge in [-0.1, -0.05) is 36.4 Å². The minimum atomic E-state index is -0.112. The van der Waals surface area contributed by atoms with E-state index in [0.29, 0.717) is 29.4 Å². The Morgan fingerprint density at radius 3 is 2.56 bits per heavy atom. The Balaban J connectivity index is 1.52. The molecule has 0 spiro atoms. The van der Waals surface area contributed by atoms with Crippen LogP contribution in [0.2, 0.25) is 0 Å². The first-order chi connectivity index (χ1) is 13.2. The van der Waals surface area contributed by atoms with Gasteiger partial charge in [0.1, 0.15) is 11.5 Å². The van der Waals surface area contributed by atoms with Crippen LogP contribution in [0, 0.1) is 0 Å². The lowest BCUT2D eigenvalue weighted by molar-refractivity contribution is 0.0782. The number of nitrogens with zero attached hydrogens (tertiary/aromatic N) is 1. The van der Waals surface area contributed by atoms with Gasteiger partial charge < -0.3 is 19.1 Å². The lowest BCUT2D eigenvalue weighted by atomic mass is 10.1. The molecule has 1 aliphatic rings. The van der Waals surface area contributed by atoms with Gasteiger partial charge in [-0.15, -0.1) is 0 Å². The highest BCUT2D eigenvalue weighted by molar-refractivity contribution is 5.96. The molecule has 3 aromatic rings. The predicted octanol–water partition coefficient (Wildman–Crippen LogP) is 4.48. The lowest BCUT2D eigenvalue weighted by Crippen LogP contribution is -2.26. The van der Waals surface area contributed by atoms with Crippen molar-refractivity contribution in [3.8, 4) is 23.0 Å². The van der Waals surface area contributed by atoms with Crippen molar-refractivity contribution in [3.05, 3.63) is 83.9 Å². The Hall–Kier alpha value is -3.47. The van der Waals surface area contributed by atoms with E-state index in [1.807, 2.05) is 60.7 Å². The van der Waals surface area contributed by atoms with E-state index in [-0.39, 0.29) is 12.7 Å². The highest BCUT2D eigenvalue weighted by Crippen LogP contribution is 2.33. The van der Waals surface area contributed by atoms with Crippen molar-refractivity contribution in [2.24, 2.45) is 0 Å². The van der Waals surface area contributed by atoms with Gasteiger partial charge in [-0.25, -0.2) is 0 Å². The fourth-order valence-electron chi connectivity index (χ4n) is 2.94. The molecule has 0 atom stereocenters. The summed E-state index contributed by atoms with van der Waals surface area (Å²) in [6.45, 7) is 0.687. The zero-order chi connectivity index (χ0) is 18.6. The summed E-state index contributed by atoms with van der Waals surface area (Å²) in [5.41, 5.74) is 1.49. The molecule has 0 aromatic heterocycles. The van der Waals surface area contributed by atoms with Crippen LogP contribution < -0.4 is 14.2 Å². The van der Waals surface area contributed by atoms with Crippen molar-refractivity contribution in [1.29, 1.82) is 0 Å². The summed E-state index contributed by atoms with van der Waals surface area (Å²) in [6, 6.07) is 22.4. The van der Waals surface area contributed by atoms with Crippen LogP contribution in [0.25, 0.3) is 0 Å². The highest BCUT2D eigenvalue weighted by atomic mass is 16.7. The smallest absolute Gasteiger partial charge is 0.257 e. The van der Waals surface area contributed by atoms with E-state index in [1.165, 1.54) is 0 Å². The third kappa shape index (κ3) is 3.72. The number of benzene rings is 3. The molecule has 0 bridgehead atoms. The average molecular weight is 361 g/mol. The van der Waals surface area contributed by atoms with Crippen LogP contribution in [0.5, 0.6) is 23.0 Å². The molecule has 1 aliphatic heterocycles. The normalized spacial score (nSPS) is 11.9. The Morgan fingerprint density at radius 2 is 1.70 bits per heavy atom. The van der Waals surface area contributed by atoms with Gasteiger partial charge in [0.2, 0.25) is 6.79 Å². The van der Waals surface area contributed by atoms with E-state index in [1.54, 1.807) is 24.1 Å². The van der Waals surface area contributed by atoms with Crippen LogP contribution in [0.4, 0.5) is 0 Å². The predicted molar refractivity (Wildman–Crippen MR) is 101 cm³/mol. The first kappa shape index (κ1) is 17.0. The number of rotatable bonds is 5. The number of carbonyl (C=O) groups is 1. The molecule has 136 valence electrons. The molecule has 5 nitrogen and oxygen atoms in total. The fourth-order valence-corrected chi connectivity index (χ4v) is 2.94. The van der Waals surface area contributed by atoms with Crippen LogP contribution >= 0.6 is 0 Å². The maximum atomic E-state index is 13.0. The number of para-hydroxylation sites is 2. The summed E-state index contributed by atoms with van der Waals surface area (Å²) in [5.74, 6) is 2.55. The maximum Gasteiger partial charge on any atom is 0.257 e. The number of hydrogen-bond acceptors (Lipinski definition) is 4. The zero-order valence-corrected chi connectivity index (χ0v) is 14.9. The highest BCUT2D eigenvalue weighted by Gasteiger charge is 2.19. The molecule has 5 heteroatoms. The van der Waals surface area contributed by atoms with Gasteiger partial charge in [-0.3, -0.25) is 4.79 Å². The van der Waals surface area contributed by atoms with E-state index in [0.717, 1.165) is 11.3 Å². The SMILES string of the molecule is CN(Cc1ccc2c(c1)OCO2)C(=O)c1ccccc1Oc1ccccc1. The first-order valence-electron chi connectivity index (χ1n) is 8.66. The van der Waals surface area contributed by atoms with Crippen molar-refractivity contribution in [2.45, 2.75) is 6.54 Å². The minimum absolute atomic E-state index is 0.112. The molecular weight excluding hydrogens is 342 g/mol. The number of fused-ring (bicyclic) bond motifs is 1. The standard InChI is InChI=1S/C22H19NO4/c1-23(14-16-11-12-20-21(13-16)26-15-25-20)22(24)18-9-5-6-10-19(18)27-17-7-3-2-4-8-17/h2-13H,14-15H2,1H3. The molecule has 4 rings (SSSR count). The molecule has 1 heterocycles. The molecule has 0 saturated heterocycles. The third-order valence-corrected chi connectivity index (χ3v) is 4.29. The van der Waals surface area contributed by atoms with Crippen molar-refractivity contribution in [1.82, 2.24) is 4.90 Å². The summed E-state index contributed by atoms with van der Waals surface area (Å²) >= 11 is 0. The van der Waals surface area contributed by atoms with Crippen molar-refractivity contribution in [2.75, 3.05) is 13.8 Å². The van der Waals surface area contributed by atoms with Crippen LogP contribution in [-0.4, -0.2) is 24.6 Å². The monoisotopic (exact) mass is 361 g/mol. The second kappa shape index (κ2) is 7.41. The Bertz CT molecular complexity index is 956. The van der Waals surface area contributed by atoms with Crippen molar-refractivity contribution in [3.63, 3.8) is 0 Å². The van der Waals surface area contributed by atoms with E-state index in [4.69, 9.17) is 14.2 Å². The Labute approximate surface area is 157 Å². The number of amides is 1. The summed E-state index contributed by atoms with van der Waals surface area (Å²) < 4.78 is 16.6. The Kier molecular flexibility index (Phi) is 4.66. The molecule has 0 fully saturated rings.